The van der Waals surface area contributed by atoms with Gasteiger partial charge in [0.25, 0.3) is 0 Å². The Kier molecular flexibility index (Phi) is 5.80. The fraction of sp³-hybridized carbons (Fsp3) is 0.667. The quantitative estimate of drug-likeness (QED) is 0.799. The fourth-order valence-corrected chi connectivity index (χ4v) is 3.32. The van der Waals surface area contributed by atoms with Crippen molar-refractivity contribution in [3.63, 3.8) is 0 Å². The Balaban J connectivity index is 2.29. The molecular formula is C18H30N2O. The van der Waals surface area contributed by atoms with Crippen molar-refractivity contribution in [2.75, 3.05) is 20.3 Å². The van der Waals surface area contributed by atoms with Crippen molar-refractivity contribution in [1.29, 1.82) is 0 Å². The predicted molar refractivity (Wildman–Crippen MR) is 88.3 cm³/mol. The summed E-state index contributed by atoms with van der Waals surface area (Å²) in [5.74, 6) is 0.826. The zero-order valence-corrected chi connectivity index (χ0v) is 13.9. The van der Waals surface area contributed by atoms with E-state index >= 15 is 0 Å². The van der Waals surface area contributed by atoms with E-state index in [1.54, 1.807) is 7.11 Å². The largest absolute Gasteiger partial charge is 0.383 e. The lowest BCUT2D eigenvalue weighted by Gasteiger charge is -2.39. The van der Waals surface area contributed by atoms with Crippen molar-refractivity contribution in [2.24, 2.45) is 11.7 Å². The molecule has 0 saturated heterocycles. The number of methoxy groups -OCH3 is 1. The van der Waals surface area contributed by atoms with Crippen molar-refractivity contribution >= 4 is 0 Å². The molecule has 3 nitrogen and oxygen atoms in total. The van der Waals surface area contributed by atoms with E-state index in [-0.39, 0.29) is 12.1 Å². The normalized spacial score (nSPS) is 19.5. The first-order chi connectivity index (χ1) is 10.1. The van der Waals surface area contributed by atoms with Crippen molar-refractivity contribution < 1.29 is 4.74 Å². The van der Waals surface area contributed by atoms with Gasteiger partial charge in [-0.25, -0.2) is 0 Å². The summed E-state index contributed by atoms with van der Waals surface area (Å²) in [5.41, 5.74) is 9.07. The molecule has 0 heterocycles. The highest BCUT2D eigenvalue weighted by Gasteiger charge is 2.36. The van der Waals surface area contributed by atoms with Gasteiger partial charge in [-0.1, -0.05) is 24.3 Å². The lowest BCUT2D eigenvalue weighted by Crippen LogP contribution is -2.46. The first-order valence-corrected chi connectivity index (χ1v) is 8.12. The summed E-state index contributed by atoms with van der Waals surface area (Å²) in [6.07, 6.45) is 2.70. The van der Waals surface area contributed by atoms with Crippen molar-refractivity contribution in [3.8, 4) is 0 Å². The summed E-state index contributed by atoms with van der Waals surface area (Å²) in [4.78, 5) is 2.56. The van der Waals surface area contributed by atoms with E-state index in [0.717, 1.165) is 19.1 Å². The number of nitrogens with two attached hydrogens (primary N) is 1. The molecule has 1 aliphatic carbocycles. The molecule has 1 saturated carbocycles. The average molecular weight is 290 g/mol. The Bertz CT molecular complexity index is 443. The molecule has 21 heavy (non-hydrogen) atoms. The number of ether oxygens (including phenoxy) is 1. The van der Waals surface area contributed by atoms with Gasteiger partial charge in [-0.15, -0.1) is 0 Å². The van der Waals surface area contributed by atoms with E-state index in [1.165, 1.54) is 24.0 Å². The Morgan fingerprint density at radius 2 is 1.95 bits per heavy atom. The summed E-state index contributed by atoms with van der Waals surface area (Å²) in [6, 6.07) is 9.55. The summed E-state index contributed by atoms with van der Waals surface area (Å²) in [5, 5.41) is 0. The highest BCUT2D eigenvalue weighted by atomic mass is 16.5. The summed E-state index contributed by atoms with van der Waals surface area (Å²) in [6.45, 7) is 8.35. The smallest absolute Gasteiger partial charge is 0.0590 e. The maximum absolute atomic E-state index is 6.39. The van der Waals surface area contributed by atoms with Crippen LogP contribution in [-0.2, 0) is 4.74 Å². The second-order valence-electron chi connectivity index (χ2n) is 6.47. The maximum Gasteiger partial charge on any atom is 0.0590 e. The van der Waals surface area contributed by atoms with Crippen LogP contribution in [0.2, 0.25) is 0 Å². The molecule has 0 amide bonds. The van der Waals surface area contributed by atoms with E-state index in [1.807, 2.05) is 0 Å². The molecule has 2 rings (SSSR count). The molecule has 1 fully saturated rings. The van der Waals surface area contributed by atoms with Crippen molar-refractivity contribution in [2.45, 2.75) is 51.7 Å². The Hall–Kier alpha value is -0.900. The van der Waals surface area contributed by atoms with Crippen molar-refractivity contribution in [3.05, 3.63) is 35.4 Å². The van der Waals surface area contributed by atoms with Crippen LogP contribution < -0.4 is 5.73 Å². The number of hydrogen-bond acceptors (Lipinski definition) is 3. The summed E-state index contributed by atoms with van der Waals surface area (Å²) >= 11 is 0. The molecule has 0 radical (unpaired) electrons. The molecule has 1 aromatic rings. The molecule has 1 aliphatic rings. The van der Waals surface area contributed by atoms with Gasteiger partial charge < -0.3 is 10.5 Å². The van der Waals surface area contributed by atoms with Crippen LogP contribution in [0.1, 0.15) is 43.9 Å². The zero-order valence-electron chi connectivity index (χ0n) is 13.9. The van der Waals surface area contributed by atoms with Crippen LogP contribution in [0.15, 0.2) is 24.3 Å². The lowest BCUT2D eigenvalue weighted by atomic mass is 9.93. The molecule has 0 aromatic heterocycles. The van der Waals surface area contributed by atoms with Crippen LogP contribution in [0.3, 0.4) is 0 Å². The van der Waals surface area contributed by atoms with Gasteiger partial charge in [-0.3, -0.25) is 4.90 Å². The van der Waals surface area contributed by atoms with Gasteiger partial charge in [-0.2, -0.15) is 0 Å². The summed E-state index contributed by atoms with van der Waals surface area (Å²) in [7, 11) is 1.77. The first kappa shape index (κ1) is 16.5. The Labute approximate surface area is 129 Å². The third-order valence-electron chi connectivity index (χ3n) is 4.74. The highest BCUT2D eigenvalue weighted by molar-refractivity contribution is 5.30. The van der Waals surface area contributed by atoms with E-state index < -0.39 is 0 Å². The molecular weight excluding hydrogens is 260 g/mol. The van der Waals surface area contributed by atoms with Gasteiger partial charge in [0.2, 0.25) is 0 Å². The van der Waals surface area contributed by atoms with Crippen LogP contribution >= 0.6 is 0 Å². The average Bonchev–Trinajstić information content (AvgIpc) is 3.28. The summed E-state index contributed by atoms with van der Waals surface area (Å²) < 4.78 is 5.34. The predicted octanol–water partition coefficient (Wildman–Crippen LogP) is 3.13. The molecule has 2 N–H and O–H groups in total. The first-order valence-electron chi connectivity index (χ1n) is 8.12. The Morgan fingerprint density at radius 3 is 2.48 bits per heavy atom. The van der Waals surface area contributed by atoms with Crippen molar-refractivity contribution in [1.82, 2.24) is 4.90 Å². The molecule has 3 unspecified atom stereocenters. The minimum absolute atomic E-state index is 0.101. The van der Waals surface area contributed by atoms with Crippen LogP contribution in [0, 0.1) is 12.8 Å². The van der Waals surface area contributed by atoms with Gasteiger partial charge in [0.15, 0.2) is 0 Å². The second-order valence-corrected chi connectivity index (χ2v) is 6.47. The third kappa shape index (κ3) is 4.06. The molecule has 118 valence electrons. The Morgan fingerprint density at radius 1 is 1.29 bits per heavy atom. The minimum atomic E-state index is 0.101. The maximum atomic E-state index is 6.39. The molecule has 1 aromatic carbocycles. The highest BCUT2D eigenvalue weighted by Crippen LogP contribution is 2.39. The number of benzene rings is 1. The molecule has 0 bridgehead atoms. The van der Waals surface area contributed by atoms with E-state index in [0.29, 0.717) is 6.04 Å². The molecule has 0 spiro atoms. The van der Waals surface area contributed by atoms with Crippen LogP contribution in [0.4, 0.5) is 0 Å². The number of nitrogens with zero attached hydrogens (tertiary/aromatic N) is 1. The lowest BCUT2D eigenvalue weighted by molar-refractivity contribution is 0.0717. The van der Waals surface area contributed by atoms with E-state index in [9.17, 15) is 0 Å². The monoisotopic (exact) mass is 290 g/mol. The van der Waals surface area contributed by atoms with Gasteiger partial charge in [0.1, 0.15) is 0 Å². The van der Waals surface area contributed by atoms with Gasteiger partial charge in [-0.05, 0) is 50.7 Å². The number of rotatable bonds is 8. The fourth-order valence-electron chi connectivity index (χ4n) is 3.32. The third-order valence-corrected chi connectivity index (χ3v) is 4.74. The molecule has 3 heteroatoms. The van der Waals surface area contributed by atoms with Crippen LogP contribution in [0.25, 0.3) is 0 Å². The standard InChI is InChI=1S/C18H30N2O/c1-13-7-5-6-8-17(13)18(14(2)19)20(11-12-21-4)15(3)16-9-10-16/h5-8,14-16,18H,9-12,19H2,1-4H3. The second kappa shape index (κ2) is 7.39. The molecule has 3 atom stereocenters. The van der Waals surface area contributed by atoms with E-state index in [2.05, 4.69) is 49.9 Å². The number of hydrogen-bond donors (Lipinski definition) is 1. The van der Waals surface area contributed by atoms with Gasteiger partial charge in [0, 0.05) is 25.7 Å². The van der Waals surface area contributed by atoms with Crippen LogP contribution in [-0.4, -0.2) is 37.2 Å². The molecule has 0 aliphatic heterocycles. The minimum Gasteiger partial charge on any atom is -0.383 e. The number of aryl methyl sites for hydroxylation is 1. The van der Waals surface area contributed by atoms with Gasteiger partial charge in [0.05, 0.1) is 12.6 Å². The van der Waals surface area contributed by atoms with E-state index in [4.69, 9.17) is 10.5 Å². The topological polar surface area (TPSA) is 38.5 Å². The van der Waals surface area contributed by atoms with Gasteiger partial charge >= 0.3 is 0 Å². The zero-order chi connectivity index (χ0) is 15.4. The SMILES string of the molecule is COCCN(C(C)C1CC1)C(c1ccccc1C)C(C)N. The van der Waals surface area contributed by atoms with Crippen LogP contribution in [0.5, 0.6) is 0 Å².